The van der Waals surface area contributed by atoms with Crippen LogP contribution in [0.2, 0.25) is 5.02 Å². The minimum absolute atomic E-state index is 0.0650. The van der Waals surface area contributed by atoms with Crippen LogP contribution in [0.1, 0.15) is 29.6 Å². The van der Waals surface area contributed by atoms with Gasteiger partial charge >= 0.3 is 0 Å². The zero-order valence-electron chi connectivity index (χ0n) is 13.5. The van der Waals surface area contributed by atoms with Crippen molar-refractivity contribution in [2.75, 3.05) is 26.2 Å². The van der Waals surface area contributed by atoms with Crippen molar-refractivity contribution in [2.45, 2.75) is 31.4 Å². The van der Waals surface area contributed by atoms with Crippen LogP contribution in [-0.4, -0.2) is 64.1 Å². The standard InChI is InChI=1S/C18H22ClN3O2/c19-12-4-5-13-14(11-20-15(13)10-12)18(24)22-8-6-21(7-9-22)16-2-1-3-17(16)23/h4-5,10-11,16-17,20,23H,1-3,6-9H2/t16-,17+/m0/s1. The van der Waals surface area contributed by atoms with Gasteiger partial charge < -0.3 is 15.0 Å². The highest BCUT2D eigenvalue weighted by Gasteiger charge is 2.33. The second kappa shape index (κ2) is 6.39. The van der Waals surface area contributed by atoms with Crippen LogP contribution >= 0.6 is 11.6 Å². The van der Waals surface area contributed by atoms with Gasteiger partial charge in [-0.3, -0.25) is 9.69 Å². The van der Waals surface area contributed by atoms with Crippen LogP contribution in [0.4, 0.5) is 0 Å². The second-order valence-electron chi connectivity index (χ2n) is 6.79. The molecule has 2 heterocycles. The summed E-state index contributed by atoms with van der Waals surface area (Å²) in [6.45, 7) is 3.09. The number of nitrogens with one attached hydrogen (secondary N) is 1. The number of aromatic amines is 1. The fourth-order valence-electron chi connectivity index (χ4n) is 4.05. The molecule has 24 heavy (non-hydrogen) atoms. The van der Waals surface area contributed by atoms with E-state index in [0.717, 1.165) is 43.3 Å². The van der Waals surface area contributed by atoms with E-state index in [-0.39, 0.29) is 18.1 Å². The molecule has 0 spiro atoms. The Kier molecular flexibility index (Phi) is 4.24. The third kappa shape index (κ3) is 2.81. The molecule has 1 aliphatic heterocycles. The Morgan fingerprint density at radius 1 is 1.21 bits per heavy atom. The summed E-state index contributed by atoms with van der Waals surface area (Å²) in [5, 5.41) is 11.6. The third-order valence-electron chi connectivity index (χ3n) is 5.39. The molecule has 1 saturated heterocycles. The van der Waals surface area contributed by atoms with E-state index in [1.165, 1.54) is 0 Å². The van der Waals surface area contributed by atoms with E-state index in [2.05, 4.69) is 9.88 Å². The molecule has 2 aliphatic rings. The molecule has 2 N–H and O–H groups in total. The molecule has 4 rings (SSSR count). The van der Waals surface area contributed by atoms with Crippen LogP contribution in [0, 0.1) is 0 Å². The number of H-pyrrole nitrogens is 1. The monoisotopic (exact) mass is 347 g/mol. The predicted octanol–water partition coefficient (Wildman–Crippen LogP) is 2.49. The maximum Gasteiger partial charge on any atom is 0.256 e. The molecule has 0 radical (unpaired) electrons. The van der Waals surface area contributed by atoms with Crippen molar-refractivity contribution in [1.29, 1.82) is 0 Å². The number of nitrogens with zero attached hydrogens (tertiary/aromatic N) is 2. The van der Waals surface area contributed by atoms with Crippen molar-refractivity contribution in [3.63, 3.8) is 0 Å². The summed E-state index contributed by atoms with van der Waals surface area (Å²) in [7, 11) is 0. The lowest BCUT2D eigenvalue weighted by molar-refractivity contribution is 0.0316. The number of rotatable bonds is 2. The minimum Gasteiger partial charge on any atom is -0.391 e. The van der Waals surface area contributed by atoms with Crippen molar-refractivity contribution in [2.24, 2.45) is 0 Å². The molecule has 1 amide bonds. The molecule has 1 aromatic carbocycles. The molecule has 128 valence electrons. The number of amides is 1. The Bertz CT molecular complexity index is 752. The molecular weight excluding hydrogens is 326 g/mol. The first-order chi connectivity index (χ1) is 11.6. The van der Waals surface area contributed by atoms with Gasteiger partial charge in [0.15, 0.2) is 0 Å². The first-order valence-corrected chi connectivity index (χ1v) is 8.99. The lowest BCUT2D eigenvalue weighted by atomic mass is 10.1. The Balaban J connectivity index is 1.46. The summed E-state index contributed by atoms with van der Waals surface area (Å²) in [5.74, 6) is 0.0650. The van der Waals surface area contributed by atoms with Crippen LogP contribution in [0.3, 0.4) is 0 Å². The number of fused-ring (bicyclic) bond motifs is 1. The second-order valence-corrected chi connectivity index (χ2v) is 7.22. The summed E-state index contributed by atoms with van der Waals surface area (Å²) < 4.78 is 0. The number of aliphatic hydroxyl groups is 1. The average molecular weight is 348 g/mol. The van der Waals surface area contributed by atoms with E-state index in [9.17, 15) is 9.90 Å². The van der Waals surface area contributed by atoms with E-state index >= 15 is 0 Å². The lowest BCUT2D eigenvalue weighted by Gasteiger charge is -2.39. The predicted molar refractivity (Wildman–Crippen MR) is 94.4 cm³/mol. The number of carbonyl (C=O) groups is 1. The Hall–Kier alpha value is -1.56. The Morgan fingerprint density at radius 3 is 2.71 bits per heavy atom. The van der Waals surface area contributed by atoms with Gasteiger partial charge in [0.1, 0.15) is 0 Å². The van der Waals surface area contributed by atoms with Gasteiger partial charge in [0.2, 0.25) is 0 Å². The summed E-state index contributed by atoms with van der Waals surface area (Å²) in [5.41, 5.74) is 1.59. The third-order valence-corrected chi connectivity index (χ3v) is 5.62. The number of halogens is 1. The highest BCUT2D eigenvalue weighted by atomic mass is 35.5. The molecule has 1 aromatic heterocycles. The molecule has 1 aliphatic carbocycles. The van der Waals surface area contributed by atoms with E-state index in [4.69, 9.17) is 11.6 Å². The first-order valence-electron chi connectivity index (χ1n) is 8.61. The smallest absolute Gasteiger partial charge is 0.256 e. The van der Waals surface area contributed by atoms with E-state index in [0.29, 0.717) is 23.7 Å². The van der Waals surface area contributed by atoms with Crippen molar-refractivity contribution >= 4 is 28.4 Å². The fraction of sp³-hybridized carbons (Fsp3) is 0.500. The van der Waals surface area contributed by atoms with Crippen molar-refractivity contribution in [1.82, 2.24) is 14.8 Å². The van der Waals surface area contributed by atoms with E-state index < -0.39 is 0 Å². The minimum atomic E-state index is -0.203. The molecule has 2 fully saturated rings. The van der Waals surface area contributed by atoms with Crippen LogP contribution in [0.25, 0.3) is 10.9 Å². The van der Waals surface area contributed by atoms with Crippen LogP contribution in [-0.2, 0) is 0 Å². The molecular formula is C18H22ClN3O2. The largest absolute Gasteiger partial charge is 0.391 e. The maximum absolute atomic E-state index is 12.9. The van der Waals surface area contributed by atoms with E-state index in [1.807, 2.05) is 23.1 Å². The number of carbonyl (C=O) groups excluding carboxylic acids is 1. The first kappa shape index (κ1) is 15.9. The number of aliphatic hydroxyl groups excluding tert-OH is 1. The SMILES string of the molecule is O=C(c1c[nH]c2cc(Cl)ccc12)N1CCN([C@H]2CCC[C@H]2O)CC1. The molecule has 0 unspecified atom stereocenters. The van der Waals surface area contributed by atoms with Gasteiger partial charge in [-0.2, -0.15) is 0 Å². The lowest BCUT2D eigenvalue weighted by Crippen LogP contribution is -2.53. The van der Waals surface area contributed by atoms with Gasteiger partial charge in [-0.05, 0) is 31.4 Å². The summed E-state index contributed by atoms with van der Waals surface area (Å²) >= 11 is 6.00. The molecule has 1 saturated carbocycles. The van der Waals surface area contributed by atoms with Crippen LogP contribution in [0.15, 0.2) is 24.4 Å². The van der Waals surface area contributed by atoms with Gasteiger partial charge in [0, 0.05) is 54.3 Å². The summed E-state index contributed by atoms with van der Waals surface area (Å²) in [4.78, 5) is 20.2. The van der Waals surface area contributed by atoms with Crippen LogP contribution in [0.5, 0.6) is 0 Å². The van der Waals surface area contributed by atoms with Crippen molar-refractivity contribution < 1.29 is 9.90 Å². The topological polar surface area (TPSA) is 59.6 Å². The number of piperazine rings is 1. The van der Waals surface area contributed by atoms with Crippen molar-refractivity contribution in [3.8, 4) is 0 Å². The average Bonchev–Trinajstić information content (AvgIpc) is 3.20. The number of hydrogen-bond acceptors (Lipinski definition) is 3. The number of aromatic nitrogens is 1. The zero-order valence-corrected chi connectivity index (χ0v) is 14.3. The molecule has 6 heteroatoms. The normalized spacial score (nSPS) is 25.5. The quantitative estimate of drug-likeness (QED) is 0.877. The highest BCUT2D eigenvalue weighted by molar-refractivity contribution is 6.31. The highest BCUT2D eigenvalue weighted by Crippen LogP contribution is 2.26. The van der Waals surface area contributed by atoms with Crippen molar-refractivity contribution in [3.05, 3.63) is 35.0 Å². The van der Waals surface area contributed by atoms with Gasteiger partial charge in [-0.1, -0.05) is 17.7 Å². The van der Waals surface area contributed by atoms with E-state index in [1.54, 1.807) is 6.20 Å². The van der Waals surface area contributed by atoms with Gasteiger partial charge in [-0.15, -0.1) is 0 Å². The Labute approximate surface area is 146 Å². The zero-order chi connectivity index (χ0) is 16.7. The van der Waals surface area contributed by atoms with Gasteiger partial charge in [-0.25, -0.2) is 0 Å². The van der Waals surface area contributed by atoms with Crippen LogP contribution < -0.4 is 0 Å². The fourth-order valence-corrected chi connectivity index (χ4v) is 4.22. The molecule has 2 atom stereocenters. The van der Waals surface area contributed by atoms with Gasteiger partial charge in [0.25, 0.3) is 5.91 Å². The molecule has 0 bridgehead atoms. The number of hydrogen-bond donors (Lipinski definition) is 2. The summed E-state index contributed by atoms with van der Waals surface area (Å²) in [6, 6.07) is 5.82. The summed E-state index contributed by atoms with van der Waals surface area (Å²) in [6.07, 6.45) is 4.64. The van der Waals surface area contributed by atoms with Gasteiger partial charge in [0.05, 0.1) is 11.7 Å². The molecule has 5 nitrogen and oxygen atoms in total. The number of benzene rings is 1. The Morgan fingerprint density at radius 2 is 2.00 bits per heavy atom. The molecule has 2 aromatic rings. The maximum atomic E-state index is 12.9.